The maximum atomic E-state index is 11.1. The third kappa shape index (κ3) is 4.81. The van der Waals surface area contributed by atoms with E-state index in [1.54, 1.807) is 0 Å². The van der Waals surface area contributed by atoms with Crippen molar-refractivity contribution in [2.24, 2.45) is 0 Å². The van der Waals surface area contributed by atoms with Gasteiger partial charge in [0.1, 0.15) is 0 Å². The molecule has 4 heteroatoms. The smallest absolute Gasteiger partial charge is 0.330 e. The summed E-state index contributed by atoms with van der Waals surface area (Å²) in [5.74, 6) is -0.323. The van der Waals surface area contributed by atoms with Crippen LogP contribution >= 0.6 is 0 Å². The number of quaternary nitrogens is 1. The van der Waals surface area contributed by atoms with Gasteiger partial charge in [-0.05, 0) is 34.1 Å². The van der Waals surface area contributed by atoms with Crippen LogP contribution in [0.5, 0.6) is 0 Å². The molecular formula is C15H30ClNO2. The third-order valence-electron chi connectivity index (χ3n) is 4.77. The van der Waals surface area contributed by atoms with Crippen molar-refractivity contribution < 1.29 is 26.4 Å². The second-order valence-electron chi connectivity index (χ2n) is 5.07. The molecule has 0 heterocycles. The second-order valence-corrected chi connectivity index (χ2v) is 5.07. The molecule has 0 aliphatic carbocycles. The minimum atomic E-state index is -0.323. The zero-order valence-corrected chi connectivity index (χ0v) is 13.9. The molecule has 0 spiro atoms. The minimum absolute atomic E-state index is 0. The Morgan fingerprint density at radius 1 is 1.21 bits per heavy atom. The molecule has 0 aliphatic rings. The number of halogens is 1. The molecule has 19 heavy (non-hydrogen) atoms. The lowest BCUT2D eigenvalue weighted by atomic mass is 9.89. The van der Waals surface area contributed by atoms with Crippen molar-refractivity contribution in [3.8, 4) is 0 Å². The molecule has 0 bridgehead atoms. The van der Waals surface area contributed by atoms with Gasteiger partial charge in [0.25, 0.3) is 0 Å². The van der Waals surface area contributed by atoms with Crippen LogP contribution in [0, 0.1) is 0 Å². The van der Waals surface area contributed by atoms with E-state index in [0.29, 0.717) is 6.61 Å². The van der Waals surface area contributed by atoms with Gasteiger partial charge in [-0.3, -0.25) is 0 Å². The zero-order valence-electron chi connectivity index (χ0n) is 13.2. The summed E-state index contributed by atoms with van der Waals surface area (Å²) in [5.41, 5.74) is 0.166. The third-order valence-corrected chi connectivity index (χ3v) is 4.77. The fourth-order valence-corrected chi connectivity index (χ4v) is 3.00. The lowest BCUT2D eigenvalue weighted by Gasteiger charge is -2.50. The first kappa shape index (κ1) is 20.8. The molecule has 114 valence electrons. The van der Waals surface area contributed by atoms with Crippen LogP contribution in [-0.4, -0.2) is 42.2 Å². The van der Waals surface area contributed by atoms with Crippen molar-refractivity contribution in [1.29, 1.82) is 0 Å². The first-order valence-electron chi connectivity index (χ1n) is 7.10. The van der Waals surface area contributed by atoms with Crippen LogP contribution in [0.15, 0.2) is 12.7 Å². The van der Waals surface area contributed by atoms with Crippen molar-refractivity contribution in [3.63, 3.8) is 0 Å². The summed E-state index contributed by atoms with van der Waals surface area (Å²) < 4.78 is 6.23. The average molecular weight is 292 g/mol. The molecule has 0 amide bonds. The van der Waals surface area contributed by atoms with Crippen LogP contribution in [0.25, 0.3) is 0 Å². The van der Waals surface area contributed by atoms with Gasteiger partial charge in [0.05, 0.1) is 31.8 Å². The van der Waals surface area contributed by atoms with Crippen molar-refractivity contribution in [3.05, 3.63) is 12.7 Å². The van der Waals surface area contributed by atoms with Gasteiger partial charge in [-0.2, -0.15) is 0 Å². The topological polar surface area (TPSA) is 26.3 Å². The van der Waals surface area contributed by atoms with Gasteiger partial charge < -0.3 is 21.6 Å². The predicted molar refractivity (Wildman–Crippen MR) is 76.4 cm³/mol. The SMILES string of the molecule is C=CC(=O)OCCC(C)(CC)[N+](CC)(CC)CC.[Cl-]. The highest BCUT2D eigenvalue weighted by molar-refractivity contribution is 5.81. The lowest BCUT2D eigenvalue weighted by molar-refractivity contribution is -0.971. The Balaban J connectivity index is 0. The number of rotatable bonds is 9. The molecule has 1 unspecified atom stereocenters. The highest BCUT2D eigenvalue weighted by Crippen LogP contribution is 2.31. The highest BCUT2D eigenvalue weighted by atomic mass is 35.5. The molecule has 0 aromatic rings. The maximum absolute atomic E-state index is 11.1. The van der Waals surface area contributed by atoms with Crippen LogP contribution in [0.2, 0.25) is 0 Å². The number of carbonyl (C=O) groups excluding carboxylic acids is 1. The van der Waals surface area contributed by atoms with E-state index < -0.39 is 0 Å². The zero-order chi connectivity index (χ0) is 14.2. The van der Waals surface area contributed by atoms with E-state index in [4.69, 9.17) is 4.74 Å². The summed E-state index contributed by atoms with van der Waals surface area (Å²) in [6.45, 7) is 18.5. The van der Waals surface area contributed by atoms with Gasteiger partial charge in [-0.15, -0.1) is 0 Å². The normalized spacial score (nSPS) is 14.2. The molecule has 0 N–H and O–H groups in total. The molecular weight excluding hydrogens is 262 g/mol. The second kappa shape index (κ2) is 9.38. The van der Waals surface area contributed by atoms with Crippen LogP contribution in [0.1, 0.15) is 47.5 Å². The number of nitrogens with zero attached hydrogens (tertiary/aromatic N) is 1. The highest BCUT2D eigenvalue weighted by Gasteiger charge is 2.42. The summed E-state index contributed by atoms with van der Waals surface area (Å²) in [4.78, 5) is 11.1. The molecule has 0 saturated carbocycles. The monoisotopic (exact) mass is 291 g/mol. The summed E-state index contributed by atoms with van der Waals surface area (Å²) in [6.07, 6.45) is 3.22. The first-order valence-corrected chi connectivity index (χ1v) is 7.10. The largest absolute Gasteiger partial charge is 1.00 e. The van der Waals surface area contributed by atoms with Gasteiger partial charge in [0, 0.05) is 12.5 Å². The Morgan fingerprint density at radius 3 is 2.00 bits per heavy atom. The van der Waals surface area contributed by atoms with Gasteiger partial charge >= 0.3 is 5.97 Å². The van der Waals surface area contributed by atoms with Gasteiger partial charge in [-0.25, -0.2) is 4.79 Å². The molecule has 3 nitrogen and oxygen atoms in total. The molecule has 0 rings (SSSR count). The molecule has 0 aliphatic heterocycles. The molecule has 1 atom stereocenters. The first-order chi connectivity index (χ1) is 8.45. The summed E-state index contributed by atoms with van der Waals surface area (Å²) in [6, 6.07) is 0. The Bertz CT molecular complexity index is 269. The summed E-state index contributed by atoms with van der Waals surface area (Å²) >= 11 is 0. The Kier molecular flexibility index (Phi) is 10.3. The van der Waals surface area contributed by atoms with Crippen LogP contribution in [0.4, 0.5) is 0 Å². The van der Waals surface area contributed by atoms with E-state index in [2.05, 4.69) is 41.2 Å². The fourth-order valence-electron chi connectivity index (χ4n) is 3.00. The number of ether oxygens (including phenoxy) is 1. The Morgan fingerprint density at radius 2 is 1.68 bits per heavy atom. The molecule has 0 aromatic heterocycles. The van der Waals surface area contributed by atoms with E-state index in [1.807, 2.05) is 0 Å². The standard InChI is InChI=1S/C15H30NO2.ClH/c1-7-14(17)18-13-12-15(6,8-2)16(9-3,10-4)11-5;/h7H,1,8-13H2,2-6H3;1H/q+1;/p-1. The molecule has 0 radical (unpaired) electrons. The van der Waals surface area contributed by atoms with E-state index in [-0.39, 0.29) is 23.9 Å². The van der Waals surface area contributed by atoms with Crippen LogP contribution in [0.3, 0.4) is 0 Å². The van der Waals surface area contributed by atoms with E-state index in [0.717, 1.165) is 37.0 Å². The summed E-state index contributed by atoms with van der Waals surface area (Å²) in [5, 5.41) is 0. The molecule has 0 aromatic carbocycles. The maximum Gasteiger partial charge on any atom is 0.330 e. The Hall–Kier alpha value is -0.540. The fraction of sp³-hybridized carbons (Fsp3) is 0.800. The quantitative estimate of drug-likeness (QED) is 0.344. The van der Waals surface area contributed by atoms with E-state index in [9.17, 15) is 4.79 Å². The molecule has 0 fully saturated rings. The number of hydrogen-bond donors (Lipinski definition) is 0. The van der Waals surface area contributed by atoms with Gasteiger partial charge in [-0.1, -0.05) is 13.5 Å². The number of esters is 1. The predicted octanol–water partition coefficient (Wildman–Crippen LogP) is 0.155. The van der Waals surface area contributed by atoms with Gasteiger partial charge in [0.15, 0.2) is 0 Å². The number of carbonyl (C=O) groups is 1. The Labute approximate surface area is 125 Å². The van der Waals surface area contributed by atoms with E-state index in [1.165, 1.54) is 6.08 Å². The lowest BCUT2D eigenvalue weighted by Crippen LogP contribution is -3.00. The average Bonchev–Trinajstić information content (AvgIpc) is 2.40. The van der Waals surface area contributed by atoms with Crippen molar-refractivity contribution in [2.75, 3.05) is 26.2 Å². The number of hydrogen-bond acceptors (Lipinski definition) is 2. The minimum Gasteiger partial charge on any atom is -1.00 e. The van der Waals surface area contributed by atoms with Crippen LogP contribution in [-0.2, 0) is 9.53 Å². The van der Waals surface area contributed by atoms with Gasteiger partial charge in [0.2, 0.25) is 0 Å². The molecule has 0 saturated heterocycles. The van der Waals surface area contributed by atoms with E-state index >= 15 is 0 Å². The van der Waals surface area contributed by atoms with Crippen molar-refractivity contribution in [1.82, 2.24) is 0 Å². The summed E-state index contributed by atoms with van der Waals surface area (Å²) in [7, 11) is 0. The van der Waals surface area contributed by atoms with Crippen molar-refractivity contribution >= 4 is 5.97 Å². The van der Waals surface area contributed by atoms with Crippen molar-refractivity contribution in [2.45, 2.75) is 53.0 Å². The van der Waals surface area contributed by atoms with Crippen LogP contribution < -0.4 is 12.4 Å².